The lowest BCUT2D eigenvalue weighted by Gasteiger charge is -2.15. The Hall–Kier alpha value is -1.15. The summed E-state index contributed by atoms with van der Waals surface area (Å²) >= 11 is 0. The van der Waals surface area contributed by atoms with Crippen molar-refractivity contribution in [3.8, 4) is 0 Å². The van der Waals surface area contributed by atoms with Crippen molar-refractivity contribution in [2.75, 3.05) is 20.1 Å². The molecule has 0 heterocycles. The van der Waals surface area contributed by atoms with Crippen LogP contribution < -0.4 is 0 Å². The van der Waals surface area contributed by atoms with Crippen LogP contribution in [0.5, 0.6) is 0 Å². The largest absolute Gasteiger partial charge is 0.299 e. The van der Waals surface area contributed by atoms with Crippen LogP contribution in [0.3, 0.4) is 0 Å². The molecule has 0 bridgehead atoms. The molecule has 0 unspecified atom stereocenters. The van der Waals surface area contributed by atoms with Gasteiger partial charge in [-0.3, -0.25) is 9.69 Å². The van der Waals surface area contributed by atoms with Gasteiger partial charge in [0.05, 0.1) is 6.54 Å². The average Bonchev–Trinajstić information content (AvgIpc) is 2.36. The van der Waals surface area contributed by atoms with Gasteiger partial charge in [-0.05, 0) is 31.5 Å². The van der Waals surface area contributed by atoms with Gasteiger partial charge in [0.25, 0.3) is 0 Å². The molecule has 0 saturated heterocycles. The lowest BCUT2D eigenvalue weighted by atomic mass is 10.0. The molecule has 0 aromatic heterocycles. The van der Waals surface area contributed by atoms with Gasteiger partial charge in [-0.25, -0.2) is 0 Å². The number of ketones is 1. The minimum atomic E-state index is 0.212. The Labute approximate surface area is 111 Å². The molecule has 0 atom stereocenters. The molecule has 0 aliphatic rings. The number of rotatable bonds is 7. The number of nitrogens with zero attached hydrogens (tertiary/aromatic N) is 1. The Morgan fingerprint density at radius 3 is 2.33 bits per heavy atom. The molecular formula is C16H25NO. The van der Waals surface area contributed by atoms with E-state index in [9.17, 15) is 4.79 Å². The summed E-state index contributed by atoms with van der Waals surface area (Å²) in [5, 5.41) is 0. The highest BCUT2D eigenvalue weighted by atomic mass is 16.1. The van der Waals surface area contributed by atoms with Crippen molar-refractivity contribution in [2.24, 2.45) is 0 Å². The van der Waals surface area contributed by atoms with Crippen molar-refractivity contribution in [3.05, 3.63) is 35.4 Å². The third kappa shape index (κ3) is 4.61. The van der Waals surface area contributed by atoms with Gasteiger partial charge in [-0.1, -0.05) is 51.5 Å². The van der Waals surface area contributed by atoms with Crippen molar-refractivity contribution in [3.63, 3.8) is 0 Å². The zero-order chi connectivity index (χ0) is 13.5. The second kappa shape index (κ2) is 7.32. The van der Waals surface area contributed by atoms with E-state index in [0.29, 0.717) is 12.5 Å². The summed E-state index contributed by atoms with van der Waals surface area (Å²) in [4.78, 5) is 14.2. The Morgan fingerprint density at radius 2 is 1.83 bits per heavy atom. The first kappa shape index (κ1) is 14.9. The van der Waals surface area contributed by atoms with Crippen molar-refractivity contribution >= 4 is 5.78 Å². The number of hydrogen-bond acceptors (Lipinski definition) is 2. The number of carbonyl (C=O) groups excluding carboxylic acids is 1. The monoisotopic (exact) mass is 247 g/mol. The molecule has 18 heavy (non-hydrogen) atoms. The van der Waals surface area contributed by atoms with Crippen molar-refractivity contribution in [2.45, 2.75) is 39.5 Å². The molecular weight excluding hydrogens is 222 g/mol. The summed E-state index contributed by atoms with van der Waals surface area (Å²) in [5.74, 6) is 0.727. The molecule has 1 aromatic carbocycles. The molecule has 0 N–H and O–H groups in total. The fraction of sp³-hybridized carbons (Fsp3) is 0.562. The molecule has 0 aliphatic carbocycles. The van der Waals surface area contributed by atoms with E-state index < -0.39 is 0 Å². The van der Waals surface area contributed by atoms with E-state index in [2.05, 4.69) is 37.8 Å². The van der Waals surface area contributed by atoms with Gasteiger partial charge >= 0.3 is 0 Å². The Balaban J connectivity index is 2.56. The van der Waals surface area contributed by atoms with Gasteiger partial charge in [-0.15, -0.1) is 0 Å². The second-order valence-corrected chi connectivity index (χ2v) is 5.29. The minimum Gasteiger partial charge on any atom is -0.299 e. The summed E-state index contributed by atoms with van der Waals surface area (Å²) in [6, 6.07) is 8.02. The third-order valence-electron chi connectivity index (χ3n) is 3.21. The maximum atomic E-state index is 12.1. The topological polar surface area (TPSA) is 20.3 Å². The van der Waals surface area contributed by atoms with Crippen LogP contribution >= 0.6 is 0 Å². The van der Waals surface area contributed by atoms with Gasteiger partial charge in [0, 0.05) is 5.56 Å². The maximum absolute atomic E-state index is 12.1. The van der Waals surface area contributed by atoms with Crippen LogP contribution in [0.25, 0.3) is 0 Å². The van der Waals surface area contributed by atoms with E-state index >= 15 is 0 Å². The van der Waals surface area contributed by atoms with Crippen LogP contribution in [-0.2, 0) is 0 Å². The summed E-state index contributed by atoms with van der Waals surface area (Å²) < 4.78 is 0. The number of unbranched alkanes of at least 4 members (excludes halogenated alkanes) is 1. The molecule has 1 aromatic rings. The van der Waals surface area contributed by atoms with Crippen molar-refractivity contribution in [1.82, 2.24) is 4.90 Å². The van der Waals surface area contributed by atoms with Gasteiger partial charge in [0.2, 0.25) is 0 Å². The van der Waals surface area contributed by atoms with Crippen LogP contribution in [0.15, 0.2) is 24.3 Å². The van der Waals surface area contributed by atoms with Crippen molar-refractivity contribution in [1.29, 1.82) is 0 Å². The fourth-order valence-electron chi connectivity index (χ4n) is 1.90. The van der Waals surface area contributed by atoms with E-state index in [1.165, 1.54) is 12.0 Å². The molecule has 0 radical (unpaired) electrons. The first-order chi connectivity index (χ1) is 8.54. The van der Waals surface area contributed by atoms with Crippen LogP contribution in [0.4, 0.5) is 0 Å². The van der Waals surface area contributed by atoms with Crippen LogP contribution in [0.2, 0.25) is 0 Å². The van der Waals surface area contributed by atoms with E-state index in [4.69, 9.17) is 0 Å². The van der Waals surface area contributed by atoms with Crippen molar-refractivity contribution < 1.29 is 4.79 Å². The van der Waals surface area contributed by atoms with Gasteiger partial charge in [0.1, 0.15) is 0 Å². The number of carbonyl (C=O) groups is 1. The second-order valence-electron chi connectivity index (χ2n) is 5.29. The zero-order valence-electron chi connectivity index (χ0n) is 12.1. The molecule has 0 aliphatic heterocycles. The standard InChI is InChI=1S/C16H25NO/c1-5-6-11-17(4)12-16(18)15-9-7-14(8-10-15)13(2)3/h7-10,13H,5-6,11-12H2,1-4H3. The molecule has 0 amide bonds. The Bertz CT molecular complexity index is 367. The number of benzene rings is 1. The number of likely N-dealkylation sites (N-methyl/N-ethyl adjacent to an activating group) is 1. The molecule has 100 valence electrons. The van der Waals surface area contributed by atoms with Gasteiger partial charge in [-0.2, -0.15) is 0 Å². The molecule has 0 saturated carbocycles. The van der Waals surface area contributed by atoms with Gasteiger partial charge < -0.3 is 0 Å². The lowest BCUT2D eigenvalue weighted by Crippen LogP contribution is -2.26. The molecule has 2 heteroatoms. The van der Waals surface area contributed by atoms with Crippen LogP contribution in [0.1, 0.15) is 55.5 Å². The van der Waals surface area contributed by atoms with E-state index in [0.717, 1.165) is 18.5 Å². The van der Waals surface area contributed by atoms with Crippen LogP contribution in [-0.4, -0.2) is 30.8 Å². The smallest absolute Gasteiger partial charge is 0.176 e. The predicted molar refractivity (Wildman–Crippen MR) is 77.3 cm³/mol. The normalized spacial score (nSPS) is 11.2. The first-order valence-corrected chi connectivity index (χ1v) is 6.86. The fourth-order valence-corrected chi connectivity index (χ4v) is 1.90. The highest BCUT2D eigenvalue weighted by molar-refractivity contribution is 5.97. The van der Waals surface area contributed by atoms with E-state index in [1.54, 1.807) is 0 Å². The minimum absolute atomic E-state index is 0.212. The predicted octanol–water partition coefficient (Wildman–Crippen LogP) is 3.72. The molecule has 0 fully saturated rings. The highest BCUT2D eigenvalue weighted by Crippen LogP contribution is 2.15. The van der Waals surface area contributed by atoms with Gasteiger partial charge in [0.15, 0.2) is 5.78 Å². The van der Waals surface area contributed by atoms with E-state index in [1.807, 2.05) is 19.2 Å². The molecule has 2 nitrogen and oxygen atoms in total. The zero-order valence-corrected chi connectivity index (χ0v) is 12.1. The van der Waals surface area contributed by atoms with E-state index in [-0.39, 0.29) is 5.78 Å². The first-order valence-electron chi connectivity index (χ1n) is 6.86. The van der Waals surface area contributed by atoms with Crippen LogP contribution in [0, 0.1) is 0 Å². The highest BCUT2D eigenvalue weighted by Gasteiger charge is 2.09. The summed E-state index contributed by atoms with van der Waals surface area (Å²) in [6.45, 7) is 8.00. The summed E-state index contributed by atoms with van der Waals surface area (Å²) in [6.07, 6.45) is 2.32. The maximum Gasteiger partial charge on any atom is 0.176 e. The molecule has 1 rings (SSSR count). The quantitative estimate of drug-likeness (QED) is 0.684. The Morgan fingerprint density at radius 1 is 1.22 bits per heavy atom. The number of hydrogen-bond donors (Lipinski definition) is 0. The average molecular weight is 247 g/mol. The lowest BCUT2D eigenvalue weighted by molar-refractivity contribution is 0.0945. The Kier molecular flexibility index (Phi) is 6.06. The summed E-state index contributed by atoms with van der Waals surface area (Å²) in [7, 11) is 2.01. The number of Topliss-reactive ketones (excluding diaryl/α,β-unsaturated/α-hetero) is 1. The third-order valence-corrected chi connectivity index (χ3v) is 3.21. The SMILES string of the molecule is CCCCN(C)CC(=O)c1ccc(C(C)C)cc1. The summed E-state index contributed by atoms with van der Waals surface area (Å²) in [5.41, 5.74) is 2.11. The molecule has 0 spiro atoms.